The molecule has 0 unspecified atom stereocenters. The molecule has 0 N–H and O–H groups in total. The van der Waals surface area contributed by atoms with Crippen LogP contribution in [0, 0.1) is 21.7 Å². The Morgan fingerprint density at radius 2 is 2.00 bits per heavy atom. The van der Waals surface area contributed by atoms with E-state index in [2.05, 4.69) is 17.2 Å². The Bertz CT molecular complexity index is 417. The molecule has 0 aliphatic rings. The molecule has 0 amide bonds. The molecular formula is C7H2F2N2O2S. The van der Waals surface area contributed by atoms with Crippen LogP contribution >= 0.6 is 12.2 Å². The smallest absolute Gasteiger partial charge is 0.258 e. The molecule has 0 spiro atoms. The number of isothiocyanates is 1. The van der Waals surface area contributed by atoms with Crippen molar-refractivity contribution in [2.75, 3.05) is 0 Å². The Hall–Kier alpha value is -1.72. The van der Waals surface area contributed by atoms with E-state index in [0.29, 0.717) is 12.1 Å². The molecule has 4 nitrogen and oxygen atoms in total. The Kier molecular flexibility index (Phi) is 2.95. The molecule has 7 heteroatoms. The van der Waals surface area contributed by atoms with Gasteiger partial charge < -0.3 is 0 Å². The highest BCUT2D eigenvalue weighted by molar-refractivity contribution is 7.78. The van der Waals surface area contributed by atoms with Crippen LogP contribution in [0.25, 0.3) is 0 Å². The van der Waals surface area contributed by atoms with E-state index in [-0.39, 0.29) is 5.69 Å². The van der Waals surface area contributed by atoms with E-state index in [1.807, 2.05) is 5.16 Å². The number of aliphatic imine (C=N–C) groups is 1. The van der Waals surface area contributed by atoms with Gasteiger partial charge in [-0.1, -0.05) is 0 Å². The van der Waals surface area contributed by atoms with Gasteiger partial charge in [-0.15, -0.1) is 0 Å². The molecule has 0 fully saturated rings. The van der Waals surface area contributed by atoms with Crippen LogP contribution in [0.2, 0.25) is 0 Å². The quantitative estimate of drug-likeness (QED) is 0.330. The summed E-state index contributed by atoms with van der Waals surface area (Å²) in [5, 5.41) is 12.2. The molecule has 0 aliphatic carbocycles. The number of nitro groups is 1. The Balaban J connectivity index is 3.45. The lowest BCUT2D eigenvalue weighted by atomic mass is 10.2. The van der Waals surface area contributed by atoms with Crippen molar-refractivity contribution in [3.8, 4) is 0 Å². The van der Waals surface area contributed by atoms with Crippen LogP contribution in [0.3, 0.4) is 0 Å². The van der Waals surface area contributed by atoms with Crippen molar-refractivity contribution < 1.29 is 13.7 Å². The van der Waals surface area contributed by atoms with Crippen molar-refractivity contribution in [2.45, 2.75) is 0 Å². The second-order valence-corrected chi connectivity index (χ2v) is 2.40. The molecule has 0 saturated carbocycles. The monoisotopic (exact) mass is 216 g/mol. The first-order valence-electron chi connectivity index (χ1n) is 3.27. The van der Waals surface area contributed by atoms with Crippen molar-refractivity contribution in [1.82, 2.24) is 0 Å². The lowest BCUT2D eigenvalue weighted by Gasteiger charge is -1.96. The Labute approximate surface area is 82.0 Å². The molecule has 0 heterocycles. The second-order valence-electron chi connectivity index (χ2n) is 2.22. The summed E-state index contributed by atoms with van der Waals surface area (Å²) in [4.78, 5) is 12.7. The van der Waals surface area contributed by atoms with Crippen molar-refractivity contribution in [2.24, 2.45) is 4.99 Å². The zero-order chi connectivity index (χ0) is 10.7. The van der Waals surface area contributed by atoms with Gasteiger partial charge in [-0.3, -0.25) is 10.1 Å². The van der Waals surface area contributed by atoms with Crippen LogP contribution < -0.4 is 0 Å². The van der Waals surface area contributed by atoms with Crippen molar-refractivity contribution in [1.29, 1.82) is 0 Å². The minimum Gasteiger partial charge on any atom is -0.258 e. The topological polar surface area (TPSA) is 55.5 Å². The highest BCUT2D eigenvalue weighted by Crippen LogP contribution is 2.29. The van der Waals surface area contributed by atoms with Gasteiger partial charge >= 0.3 is 0 Å². The first kappa shape index (κ1) is 10.4. The highest BCUT2D eigenvalue weighted by atomic mass is 32.1. The van der Waals surface area contributed by atoms with Gasteiger partial charge in [-0.25, -0.2) is 8.78 Å². The molecule has 0 radical (unpaired) electrons. The molecule has 1 rings (SSSR count). The van der Waals surface area contributed by atoms with Crippen LogP contribution in [0.5, 0.6) is 0 Å². The van der Waals surface area contributed by atoms with E-state index in [4.69, 9.17) is 0 Å². The summed E-state index contributed by atoms with van der Waals surface area (Å²) in [6, 6.07) is 1.04. The van der Waals surface area contributed by atoms with Gasteiger partial charge in [-0.2, -0.15) is 4.99 Å². The third-order valence-electron chi connectivity index (χ3n) is 1.38. The zero-order valence-corrected chi connectivity index (χ0v) is 7.35. The molecule has 72 valence electrons. The highest BCUT2D eigenvalue weighted by Gasteiger charge is 2.17. The standard InChI is InChI=1S/C7H2F2N2O2S/c8-4-1-6(10-3-14)7(11(12)13)2-5(4)9/h1-2H. The van der Waals surface area contributed by atoms with Crippen LogP contribution in [0.1, 0.15) is 0 Å². The van der Waals surface area contributed by atoms with E-state index in [0.717, 1.165) is 0 Å². The van der Waals surface area contributed by atoms with Crippen molar-refractivity contribution in [3.05, 3.63) is 33.9 Å². The summed E-state index contributed by atoms with van der Waals surface area (Å²) < 4.78 is 25.2. The number of benzene rings is 1. The molecule has 0 bridgehead atoms. The summed E-state index contributed by atoms with van der Waals surface area (Å²) in [6.07, 6.45) is 0. The fraction of sp³-hybridized carbons (Fsp3) is 0. The average molecular weight is 216 g/mol. The summed E-state index contributed by atoms with van der Waals surface area (Å²) in [5.41, 5.74) is -1.01. The third-order valence-corrected chi connectivity index (χ3v) is 1.47. The van der Waals surface area contributed by atoms with E-state index in [1.165, 1.54) is 0 Å². The molecule has 14 heavy (non-hydrogen) atoms. The van der Waals surface area contributed by atoms with E-state index in [1.54, 1.807) is 0 Å². The predicted molar refractivity (Wildman–Crippen MR) is 47.7 cm³/mol. The van der Waals surface area contributed by atoms with E-state index >= 15 is 0 Å². The number of hydrogen-bond acceptors (Lipinski definition) is 4. The SMILES string of the molecule is O=[N+]([O-])c1cc(F)c(F)cc1N=C=S. The number of hydrogen-bond donors (Lipinski definition) is 0. The molecule has 0 aromatic heterocycles. The van der Waals surface area contributed by atoms with Crippen LogP contribution in [-0.2, 0) is 0 Å². The summed E-state index contributed by atoms with van der Waals surface area (Å²) in [5.74, 6) is -2.53. The molecule has 0 saturated heterocycles. The minimum absolute atomic E-state index is 0.357. The molecule has 0 aliphatic heterocycles. The molecule has 1 aromatic carbocycles. The Morgan fingerprint density at radius 1 is 1.43 bits per heavy atom. The van der Waals surface area contributed by atoms with Gasteiger partial charge in [0.15, 0.2) is 17.3 Å². The molecule has 0 atom stereocenters. The predicted octanol–water partition coefficient (Wildman–Crippen LogP) is 2.61. The normalized spacial score (nSPS) is 9.29. The zero-order valence-electron chi connectivity index (χ0n) is 6.53. The van der Waals surface area contributed by atoms with Gasteiger partial charge in [0.1, 0.15) is 0 Å². The lowest BCUT2D eigenvalue weighted by Crippen LogP contribution is -1.92. The fourth-order valence-electron chi connectivity index (χ4n) is 0.811. The van der Waals surface area contributed by atoms with E-state index < -0.39 is 22.2 Å². The van der Waals surface area contributed by atoms with Gasteiger partial charge in [-0.05, 0) is 12.2 Å². The van der Waals surface area contributed by atoms with Crippen molar-refractivity contribution >= 4 is 28.8 Å². The van der Waals surface area contributed by atoms with Gasteiger partial charge in [0, 0.05) is 6.07 Å². The molecule has 1 aromatic rings. The maximum atomic E-state index is 12.6. The number of nitro benzene ring substituents is 1. The average Bonchev–Trinajstić information content (AvgIpc) is 2.11. The Morgan fingerprint density at radius 3 is 2.50 bits per heavy atom. The van der Waals surface area contributed by atoms with Crippen molar-refractivity contribution in [3.63, 3.8) is 0 Å². The first-order valence-corrected chi connectivity index (χ1v) is 3.68. The number of thiocarbonyl (C=S) groups is 1. The summed E-state index contributed by atoms with van der Waals surface area (Å²) >= 11 is 4.20. The largest absolute Gasteiger partial charge is 0.298 e. The number of rotatable bonds is 2. The number of halogens is 2. The van der Waals surface area contributed by atoms with Crippen LogP contribution in [0.4, 0.5) is 20.2 Å². The lowest BCUT2D eigenvalue weighted by molar-refractivity contribution is -0.384. The third kappa shape index (κ3) is 1.95. The minimum atomic E-state index is -1.31. The van der Waals surface area contributed by atoms with Gasteiger partial charge in [0.2, 0.25) is 0 Å². The van der Waals surface area contributed by atoms with E-state index in [9.17, 15) is 18.9 Å². The van der Waals surface area contributed by atoms with Crippen LogP contribution in [0.15, 0.2) is 17.1 Å². The fourth-order valence-corrected chi connectivity index (χ4v) is 0.909. The second kappa shape index (κ2) is 3.99. The maximum absolute atomic E-state index is 12.6. The number of nitrogens with zero attached hydrogens (tertiary/aromatic N) is 2. The summed E-state index contributed by atoms with van der Waals surface area (Å²) in [7, 11) is 0. The van der Waals surface area contributed by atoms with Gasteiger partial charge in [0.25, 0.3) is 5.69 Å². The van der Waals surface area contributed by atoms with Crippen LogP contribution in [-0.4, -0.2) is 10.1 Å². The maximum Gasteiger partial charge on any atom is 0.298 e. The summed E-state index contributed by atoms with van der Waals surface area (Å²) in [6.45, 7) is 0. The van der Waals surface area contributed by atoms with Gasteiger partial charge in [0.05, 0.1) is 16.2 Å². The molecular weight excluding hydrogens is 214 g/mol. The first-order chi connectivity index (χ1) is 6.56.